The first-order chi connectivity index (χ1) is 13.3. The number of anilines is 2. The SMILES string of the molecule is CCC12CC1CN(c1nc(N)nc3c1c(C#N)cn3COCC[Si](C)(C)C)C2. The third-order valence-electron chi connectivity index (χ3n) is 6.37. The summed E-state index contributed by atoms with van der Waals surface area (Å²) in [6, 6.07) is 3.42. The van der Waals surface area contributed by atoms with Crippen LogP contribution in [0.4, 0.5) is 11.8 Å². The Bertz CT molecular complexity index is 939. The molecule has 1 saturated carbocycles. The predicted octanol–water partition coefficient (Wildman–Crippen LogP) is 3.43. The van der Waals surface area contributed by atoms with Crippen molar-refractivity contribution in [3.63, 3.8) is 0 Å². The van der Waals surface area contributed by atoms with Crippen molar-refractivity contribution in [3.8, 4) is 6.07 Å². The Morgan fingerprint density at radius 3 is 2.82 bits per heavy atom. The van der Waals surface area contributed by atoms with E-state index in [-0.39, 0.29) is 5.95 Å². The number of nitrogens with two attached hydrogens (primary N) is 1. The molecule has 0 spiro atoms. The molecule has 28 heavy (non-hydrogen) atoms. The number of hydrogen-bond acceptors (Lipinski definition) is 6. The van der Waals surface area contributed by atoms with Crippen LogP contribution in [0.3, 0.4) is 0 Å². The second kappa shape index (κ2) is 6.74. The molecule has 2 aromatic heterocycles. The fraction of sp³-hybridized carbons (Fsp3) is 0.650. The van der Waals surface area contributed by atoms with E-state index in [9.17, 15) is 5.26 Å². The van der Waals surface area contributed by atoms with Crippen molar-refractivity contribution in [1.29, 1.82) is 5.26 Å². The van der Waals surface area contributed by atoms with Gasteiger partial charge in [-0.05, 0) is 30.2 Å². The lowest BCUT2D eigenvalue weighted by molar-refractivity contribution is 0.0898. The van der Waals surface area contributed by atoms with Crippen LogP contribution in [0.1, 0.15) is 25.3 Å². The molecule has 2 unspecified atom stereocenters. The Balaban J connectivity index is 1.63. The van der Waals surface area contributed by atoms with Crippen LogP contribution in [-0.4, -0.2) is 42.3 Å². The molecule has 1 saturated heterocycles. The van der Waals surface area contributed by atoms with Crippen molar-refractivity contribution >= 4 is 30.9 Å². The van der Waals surface area contributed by atoms with Crippen LogP contribution in [0.5, 0.6) is 0 Å². The number of piperidine rings is 1. The standard InChI is InChI=1S/C20H30N6OSi/c1-5-20-8-15(20)11-25(12-20)17-16-14(9-21)10-26(18(16)24-19(22)23-17)13-27-6-7-28(2,3)4/h10,15H,5-8,11-13H2,1-4H3,(H2,22,23,24). The van der Waals surface area contributed by atoms with E-state index in [1.54, 1.807) is 0 Å². The fourth-order valence-electron chi connectivity index (χ4n) is 4.44. The number of nitrogen functional groups attached to an aromatic ring is 1. The summed E-state index contributed by atoms with van der Waals surface area (Å²) in [6.45, 7) is 12.3. The van der Waals surface area contributed by atoms with Crippen LogP contribution in [0, 0.1) is 22.7 Å². The number of aromatic nitrogens is 3. The molecule has 0 bridgehead atoms. The van der Waals surface area contributed by atoms with Crippen LogP contribution in [-0.2, 0) is 11.5 Å². The van der Waals surface area contributed by atoms with Crippen LogP contribution in [0.25, 0.3) is 11.0 Å². The van der Waals surface area contributed by atoms with Gasteiger partial charge in [0.1, 0.15) is 18.6 Å². The van der Waals surface area contributed by atoms with Crippen molar-refractivity contribution in [2.75, 3.05) is 30.3 Å². The predicted molar refractivity (Wildman–Crippen MR) is 114 cm³/mol. The summed E-state index contributed by atoms with van der Waals surface area (Å²) in [7, 11) is -1.14. The van der Waals surface area contributed by atoms with Crippen molar-refractivity contribution in [2.24, 2.45) is 11.3 Å². The lowest BCUT2D eigenvalue weighted by atomic mass is 10.0. The summed E-state index contributed by atoms with van der Waals surface area (Å²) >= 11 is 0. The van der Waals surface area contributed by atoms with E-state index in [0.717, 1.165) is 42.9 Å². The van der Waals surface area contributed by atoms with Crippen molar-refractivity contribution in [1.82, 2.24) is 14.5 Å². The first-order valence-corrected chi connectivity index (χ1v) is 13.9. The molecule has 2 N–H and O–H groups in total. The molecule has 1 aliphatic carbocycles. The summed E-state index contributed by atoms with van der Waals surface area (Å²) in [5, 5.41) is 10.5. The van der Waals surface area contributed by atoms with Gasteiger partial charge < -0.3 is 19.9 Å². The molecule has 2 atom stereocenters. The Labute approximate surface area is 167 Å². The average molecular weight is 399 g/mol. The minimum atomic E-state index is -1.14. The molecule has 2 aliphatic rings. The summed E-state index contributed by atoms with van der Waals surface area (Å²) < 4.78 is 7.79. The minimum absolute atomic E-state index is 0.250. The lowest BCUT2D eigenvalue weighted by Crippen LogP contribution is -2.26. The largest absolute Gasteiger partial charge is 0.368 e. The Hall–Kier alpha value is -2.11. The quantitative estimate of drug-likeness (QED) is 0.567. The van der Waals surface area contributed by atoms with Gasteiger partial charge in [-0.3, -0.25) is 0 Å². The summed E-state index contributed by atoms with van der Waals surface area (Å²) in [6.07, 6.45) is 4.32. The van der Waals surface area contributed by atoms with Crippen LogP contribution in [0.2, 0.25) is 25.7 Å². The highest BCUT2D eigenvalue weighted by Crippen LogP contribution is 2.60. The van der Waals surface area contributed by atoms with Gasteiger partial charge in [0.15, 0.2) is 5.65 Å². The third kappa shape index (κ3) is 3.38. The highest BCUT2D eigenvalue weighted by atomic mass is 28.3. The molecule has 0 aromatic carbocycles. The van der Waals surface area contributed by atoms with Crippen molar-refractivity contribution in [3.05, 3.63) is 11.8 Å². The van der Waals surface area contributed by atoms with Crippen molar-refractivity contribution in [2.45, 2.75) is 52.2 Å². The Kier molecular flexibility index (Phi) is 4.63. The zero-order valence-electron chi connectivity index (χ0n) is 17.3. The van der Waals surface area contributed by atoms with E-state index < -0.39 is 8.07 Å². The second-order valence-corrected chi connectivity index (χ2v) is 15.2. The molecule has 1 aliphatic heterocycles. The molecule has 3 heterocycles. The zero-order chi connectivity index (χ0) is 20.1. The van der Waals surface area contributed by atoms with E-state index in [4.69, 9.17) is 10.5 Å². The first kappa shape index (κ1) is 19.2. The highest BCUT2D eigenvalue weighted by molar-refractivity contribution is 6.76. The maximum atomic E-state index is 9.72. The molecule has 0 amide bonds. The van der Waals surface area contributed by atoms with Crippen LogP contribution in [0.15, 0.2) is 6.20 Å². The average Bonchev–Trinajstić information content (AvgIpc) is 3.02. The topological polar surface area (TPSA) is 93.0 Å². The first-order valence-electron chi connectivity index (χ1n) is 10.2. The summed E-state index contributed by atoms with van der Waals surface area (Å²) in [5.74, 6) is 1.79. The minimum Gasteiger partial charge on any atom is -0.368 e. The zero-order valence-corrected chi connectivity index (χ0v) is 18.3. The number of ether oxygens (including phenoxy) is 1. The monoisotopic (exact) mass is 398 g/mol. The molecule has 8 heteroatoms. The number of nitriles is 1. The molecule has 2 aromatic rings. The van der Waals surface area contributed by atoms with E-state index in [0.29, 0.717) is 23.4 Å². The van der Waals surface area contributed by atoms with Gasteiger partial charge in [0.05, 0.1) is 10.9 Å². The molecular weight excluding hydrogens is 368 g/mol. The van der Waals surface area contributed by atoms with Gasteiger partial charge in [0.25, 0.3) is 0 Å². The second-order valence-electron chi connectivity index (χ2n) is 9.57. The third-order valence-corrected chi connectivity index (χ3v) is 8.07. The van der Waals surface area contributed by atoms with Gasteiger partial charge >= 0.3 is 0 Å². The van der Waals surface area contributed by atoms with Crippen LogP contribution < -0.4 is 10.6 Å². The maximum Gasteiger partial charge on any atom is 0.224 e. The lowest BCUT2D eigenvalue weighted by Gasteiger charge is -2.22. The molecule has 7 nitrogen and oxygen atoms in total. The van der Waals surface area contributed by atoms with Gasteiger partial charge in [-0.1, -0.05) is 26.6 Å². The van der Waals surface area contributed by atoms with Gasteiger partial charge in [0, 0.05) is 34.0 Å². The number of fused-ring (bicyclic) bond motifs is 2. The van der Waals surface area contributed by atoms with Crippen molar-refractivity contribution < 1.29 is 4.74 Å². The molecular formula is C20H30N6OSi. The molecule has 0 radical (unpaired) electrons. The highest BCUT2D eigenvalue weighted by Gasteiger charge is 2.58. The van der Waals surface area contributed by atoms with Gasteiger partial charge in [0.2, 0.25) is 5.95 Å². The fourth-order valence-corrected chi connectivity index (χ4v) is 5.19. The van der Waals surface area contributed by atoms with E-state index >= 15 is 0 Å². The van der Waals surface area contributed by atoms with E-state index in [2.05, 4.69) is 47.5 Å². The molecule has 4 rings (SSSR count). The maximum absolute atomic E-state index is 9.72. The van der Waals surface area contributed by atoms with E-state index in [1.165, 1.54) is 12.8 Å². The number of nitrogens with zero attached hydrogens (tertiary/aromatic N) is 5. The number of hydrogen-bond donors (Lipinski definition) is 1. The van der Waals surface area contributed by atoms with Crippen LogP contribution >= 0.6 is 0 Å². The normalized spacial score (nSPS) is 23.8. The van der Waals surface area contributed by atoms with Gasteiger partial charge in [-0.2, -0.15) is 15.2 Å². The van der Waals surface area contributed by atoms with Gasteiger partial charge in [-0.25, -0.2) is 0 Å². The molecule has 2 fully saturated rings. The number of rotatable bonds is 7. The Morgan fingerprint density at radius 1 is 1.39 bits per heavy atom. The Morgan fingerprint density at radius 2 is 2.18 bits per heavy atom. The van der Waals surface area contributed by atoms with E-state index in [1.807, 2.05) is 10.8 Å². The smallest absolute Gasteiger partial charge is 0.224 e. The molecule has 150 valence electrons. The summed E-state index contributed by atoms with van der Waals surface area (Å²) in [5.41, 5.74) is 7.77. The van der Waals surface area contributed by atoms with Gasteiger partial charge in [-0.15, -0.1) is 0 Å². The summed E-state index contributed by atoms with van der Waals surface area (Å²) in [4.78, 5) is 11.3.